The largest absolute Gasteiger partial charge is 0.463 e. The minimum absolute atomic E-state index is 0.107. The van der Waals surface area contributed by atoms with Gasteiger partial charge in [0.15, 0.2) is 0 Å². The maximum Gasteiger partial charge on any atom is 0.330 e. The van der Waals surface area contributed by atoms with E-state index in [1.54, 1.807) is 0 Å². The Morgan fingerprint density at radius 3 is 1.78 bits per heavy atom. The highest BCUT2D eigenvalue weighted by Crippen LogP contribution is 2.14. The molecule has 45 heavy (non-hydrogen) atoms. The van der Waals surface area contributed by atoms with Crippen molar-refractivity contribution in [1.29, 1.82) is 0 Å². The maximum atomic E-state index is 12.1. The van der Waals surface area contributed by atoms with Crippen LogP contribution >= 0.6 is 0 Å². The number of esters is 2. The van der Waals surface area contributed by atoms with E-state index in [-0.39, 0.29) is 18.7 Å². The fraction of sp³-hybridized carbons (Fsp3) is 0.784. The summed E-state index contributed by atoms with van der Waals surface area (Å²) in [5, 5.41) is 0. The zero-order valence-electron chi connectivity index (χ0n) is 28.9. The second kappa shape index (κ2) is 30.7. The van der Waals surface area contributed by atoms with Crippen LogP contribution in [0.1, 0.15) is 168 Å². The predicted molar refractivity (Wildman–Crippen MR) is 187 cm³/mol. The monoisotopic (exact) mass is 654 g/mol. The van der Waals surface area contributed by atoms with Gasteiger partial charge < -0.3 is 9.47 Å². The van der Waals surface area contributed by atoms with Crippen LogP contribution in [-0.4, -0.2) is 43.4 Å². The first-order valence-electron chi connectivity index (χ1n) is 17.9. The molecule has 7 nitrogen and oxygen atoms in total. The average molecular weight is 655 g/mol. The van der Waals surface area contributed by atoms with Crippen LogP contribution in [0.2, 0.25) is 0 Å². The Balaban J connectivity index is 3.60. The summed E-state index contributed by atoms with van der Waals surface area (Å²) in [6.45, 7) is 5.66. The van der Waals surface area contributed by atoms with E-state index in [0.717, 1.165) is 63.4 Å². The summed E-state index contributed by atoms with van der Waals surface area (Å²) in [5.74, 6) is -1.36. The number of carbonyl (C=O) groups excluding carboxylic acids is 2. The molecule has 0 bridgehead atoms. The molecule has 0 aliphatic rings. The second-order valence-corrected chi connectivity index (χ2v) is 14.0. The molecule has 8 heteroatoms. The summed E-state index contributed by atoms with van der Waals surface area (Å²) in [7, 11) is -4.14. The lowest BCUT2D eigenvalue weighted by atomic mass is 10.0. The van der Waals surface area contributed by atoms with Crippen molar-refractivity contribution < 1.29 is 32.0 Å². The SMILES string of the molecule is CCCCCCCCCCCCCC/C=C\CC/C=C\CCCC(=O)OC(C)CCCCC/C(C)=C/C(=O)OCCS(=O)(=O)O. The molecule has 0 aromatic carbocycles. The van der Waals surface area contributed by atoms with Crippen molar-refractivity contribution >= 4 is 22.1 Å². The van der Waals surface area contributed by atoms with Gasteiger partial charge in [0.25, 0.3) is 10.1 Å². The fourth-order valence-electron chi connectivity index (χ4n) is 5.05. The van der Waals surface area contributed by atoms with Crippen molar-refractivity contribution in [3.8, 4) is 0 Å². The van der Waals surface area contributed by atoms with Gasteiger partial charge in [0.2, 0.25) is 0 Å². The number of unbranched alkanes of at least 4 members (excludes halogenated alkanes) is 16. The topological polar surface area (TPSA) is 107 Å². The highest BCUT2D eigenvalue weighted by molar-refractivity contribution is 7.85. The van der Waals surface area contributed by atoms with Gasteiger partial charge >= 0.3 is 11.9 Å². The summed E-state index contributed by atoms with van der Waals surface area (Å²) in [6.07, 6.45) is 36.8. The Kier molecular flexibility index (Phi) is 29.4. The summed E-state index contributed by atoms with van der Waals surface area (Å²) >= 11 is 0. The summed E-state index contributed by atoms with van der Waals surface area (Å²) in [5.41, 5.74) is 0.849. The Bertz CT molecular complexity index is 921. The first-order valence-corrected chi connectivity index (χ1v) is 19.5. The van der Waals surface area contributed by atoms with Gasteiger partial charge in [-0.25, -0.2) is 4.79 Å². The minimum Gasteiger partial charge on any atom is -0.463 e. The number of hydrogen-bond donors (Lipinski definition) is 1. The van der Waals surface area contributed by atoms with Crippen molar-refractivity contribution in [2.24, 2.45) is 0 Å². The predicted octanol–water partition coefficient (Wildman–Crippen LogP) is 10.4. The standard InChI is InChI=1S/C37H66O7S/c1-4-5-6-7-8-9-10-11-12-13-14-15-16-17-18-19-20-21-22-23-27-30-36(38)44-35(3)29-26-24-25-28-34(2)33-37(39)43-31-32-45(40,41)42/h17-18,21-22,33,35H,4-16,19-20,23-32H2,1-3H3,(H,40,41,42)/b18-17-,22-21-,34-33+. The van der Waals surface area contributed by atoms with Gasteiger partial charge in [-0.3, -0.25) is 9.35 Å². The lowest BCUT2D eigenvalue weighted by Gasteiger charge is -2.13. The lowest BCUT2D eigenvalue weighted by Crippen LogP contribution is -2.14. The van der Waals surface area contributed by atoms with Gasteiger partial charge in [-0.2, -0.15) is 8.42 Å². The second-order valence-electron chi connectivity index (χ2n) is 12.4. The number of rotatable bonds is 31. The molecule has 0 spiro atoms. The number of hydrogen-bond acceptors (Lipinski definition) is 6. The van der Waals surface area contributed by atoms with Crippen LogP contribution in [0.3, 0.4) is 0 Å². The van der Waals surface area contributed by atoms with Gasteiger partial charge in [0, 0.05) is 12.5 Å². The van der Waals surface area contributed by atoms with Crippen LogP contribution in [0.5, 0.6) is 0 Å². The van der Waals surface area contributed by atoms with Crippen molar-refractivity contribution in [3.05, 3.63) is 36.0 Å². The van der Waals surface area contributed by atoms with E-state index in [1.807, 2.05) is 13.8 Å². The van der Waals surface area contributed by atoms with Gasteiger partial charge in [-0.1, -0.05) is 114 Å². The number of allylic oxidation sites excluding steroid dienone is 5. The molecule has 0 saturated carbocycles. The summed E-state index contributed by atoms with van der Waals surface area (Å²) < 4.78 is 40.2. The van der Waals surface area contributed by atoms with Crippen molar-refractivity contribution in [2.45, 2.75) is 175 Å². The van der Waals surface area contributed by atoms with E-state index < -0.39 is 21.8 Å². The van der Waals surface area contributed by atoms with Crippen molar-refractivity contribution in [2.75, 3.05) is 12.4 Å². The molecule has 0 fully saturated rings. The van der Waals surface area contributed by atoms with E-state index in [9.17, 15) is 18.0 Å². The third-order valence-electron chi connectivity index (χ3n) is 7.77. The van der Waals surface area contributed by atoms with Crippen LogP contribution in [-0.2, 0) is 29.2 Å². The van der Waals surface area contributed by atoms with Gasteiger partial charge in [-0.15, -0.1) is 0 Å². The lowest BCUT2D eigenvalue weighted by molar-refractivity contribution is -0.148. The zero-order valence-corrected chi connectivity index (χ0v) is 29.8. The van der Waals surface area contributed by atoms with E-state index >= 15 is 0 Å². The van der Waals surface area contributed by atoms with Gasteiger partial charge in [-0.05, 0) is 78.1 Å². The first kappa shape index (κ1) is 43.1. The van der Waals surface area contributed by atoms with Crippen LogP contribution < -0.4 is 0 Å². The molecule has 1 atom stereocenters. The maximum absolute atomic E-state index is 12.1. The summed E-state index contributed by atoms with van der Waals surface area (Å²) in [4.78, 5) is 23.8. The number of ether oxygens (including phenoxy) is 2. The highest BCUT2D eigenvalue weighted by atomic mass is 32.2. The molecule has 0 aromatic rings. The van der Waals surface area contributed by atoms with Crippen LogP contribution in [0.15, 0.2) is 36.0 Å². The van der Waals surface area contributed by atoms with E-state index in [0.29, 0.717) is 6.42 Å². The van der Waals surface area contributed by atoms with E-state index in [4.69, 9.17) is 14.0 Å². The zero-order chi connectivity index (χ0) is 33.4. The van der Waals surface area contributed by atoms with Crippen molar-refractivity contribution in [1.82, 2.24) is 0 Å². The van der Waals surface area contributed by atoms with E-state index in [2.05, 4.69) is 31.2 Å². The molecule has 0 aliphatic carbocycles. The van der Waals surface area contributed by atoms with Gasteiger partial charge in [0.05, 0.1) is 6.10 Å². The molecule has 262 valence electrons. The first-order chi connectivity index (χ1) is 21.6. The van der Waals surface area contributed by atoms with Crippen molar-refractivity contribution in [3.63, 3.8) is 0 Å². The molecule has 0 aliphatic heterocycles. The Morgan fingerprint density at radius 2 is 1.20 bits per heavy atom. The molecule has 0 rings (SSSR count). The molecule has 0 heterocycles. The smallest absolute Gasteiger partial charge is 0.330 e. The molecule has 0 amide bonds. The van der Waals surface area contributed by atoms with Crippen LogP contribution in [0.4, 0.5) is 0 Å². The molecule has 1 unspecified atom stereocenters. The van der Waals surface area contributed by atoms with Crippen LogP contribution in [0, 0.1) is 0 Å². The molecule has 0 saturated heterocycles. The van der Waals surface area contributed by atoms with Gasteiger partial charge in [0.1, 0.15) is 12.4 Å². The highest BCUT2D eigenvalue weighted by Gasteiger charge is 2.09. The van der Waals surface area contributed by atoms with Crippen LogP contribution in [0.25, 0.3) is 0 Å². The quantitative estimate of drug-likeness (QED) is 0.0260. The average Bonchev–Trinajstić information content (AvgIpc) is 2.97. The van der Waals surface area contributed by atoms with E-state index in [1.165, 1.54) is 89.5 Å². The minimum atomic E-state index is -4.14. The normalized spacial score (nSPS) is 13.1. The third-order valence-corrected chi connectivity index (χ3v) is 8.46. The molecular weight excluding hydrogens is 588 g/mol. The summed E-state index contributed by atoms with van der Waals surface area (Å²) in [6, 6.07) is 0. The molecular formula is C37H66O7S. The fourth-order valence-corrected chi connectivity index (χ4v) is 5.34. The Morgan fingerprint density at radius 1 is 0.689 bits per heavy atom. The molecule has 0 aromatic heterocycles. The third kappa shape index (κ3) is 34.8. The Hall–Kier alpha value is -1.93. The molecule has 0 radical (unpaired) electrons. The number of carbonyl (C=O) groups is 2. The molecule has 1 N–H and O–H groups in total. The Labute approximate surface area is 276 Å².